The summed E-state index contributed by atoms with van der Waals surface area (Å²) in [5, 5.41) is 3.04. The number of anilines is 1. The molecule has 4 rings (SSSR count). The molecular weight excluding hydrogens is 374 g/mol. The van der Waals surface area contributed by atoms with E-state index >= 15 is 0 Å². The molecule has 1 amide bonds. The molecule has 0 radical (unpaired) electrons. The molecular formula is C21H23N3O3S. The van der Waals surface area contributed by atoms with Crippen LogP contribution in [0, 0.1) is 19.8 Å². The maximum atomic E-state index is 12.7. The molecule has 146 valence electrons. The monoisotopic (exact) mass is 397 g/mol. The quantitative estimate of drug-likeness (QED) is 0.845. The fraction of sp³-hybridized carbons (Fsp3) is 0.333. The van der Waals surface area contributed by atoms with Gasteiger partial charge in [-0.15, -0.1) is 4.40 Å². The predicted molar refractivity (Wildman–Crippen MR) is 109 cm³/mol. The first-order valence-electron chi connectivity index (χ1n) is 9.42. The minimum absolute atomic E-state index is 0.0213. The molecule has 0 aromatic heterocycles. The normalized spacial score (nSPS) is 18.5. The third-order valence-corrected chi connectivity index (χ3v) is 6.74. The highest BCUT2D eigenvalue weighted by Crippen LogP contribution is 2.30. The zero-order valence-corrected chi connectivity index (χ0v) is 16.8. The number of nitrogens with one attached hydrogen (secondary N) is 1. The lowest BCUT2D eigenvalue weighted by molar-refractivity contribution is -0.121. The van der Waals surface area contributed by atoms with E-state index in [1.54, 1.807) is 18.2 Å². The van der Waals surface area contributed by atoms with Crippen molar-refractivity contribution >= 4 is 27.5 Å². The zero-order chi connectivity index (χ0) is 19.9. The average molecular weight is 398 g/mol. The molecule has 0 saturated carbocycles. The third-order valence-electron chi connectivity index (χ3n) is 5.42. The summed E-state index contributed by atoms with van der Waals surface area (Å²) in [5.41, 5.74) is 3.71. The largest absolute Gasteiger partial charge is 0.355 e. The molecule has 0 unspecified atom stereocenters. The van der Waals surface area contributed by atoms with Crippen LogP contribution >= 0.6 is 0 Å². The van der Waals surface area contributed by atoms with E-state index in [0.29, 0.717) is 37.3 Å². The Morgan fingerprint density at radius 3 is 2.54 bits per heavy atom. The van der Waals surface area contributed by atoms with Gasteiger partial charge in [-0.25, -0.2) is 0 Å². The van der Waals surface area contributed by atoms with Gasteiger partial charge in [0.25, 0.3) is 10.0 Å². The van der Waals surface area contributed by atoms with Gasteiger partial charge in [0.2, 0.25) is 5.91 Å². The number of carbonyl (C=O) groups is 1. The first kappa shape index (κ1) is 18.7. The number of fused-ring (bicyclic) bond motifs is 1. The Labute approximate surface area is 165 Å². The van der Waals surface area contributed by atoms with Crippen LogP contribution < -0.4 is 5.32 Å². The molecule has 0 aliphatic carbocycles. The second kappa shape index (κ2) is 7.05. The topological polar surface area (TPSA) is 78.8 Å². The van der Waals surface area contributed by atoms with Crippen molar-refractivity contribution in [1.29, 1.82) is 0 Å². The van der Waals surface area contributed by atoms with Gasteiger partial charge in [-0.05, 0) is 50.5 Å². The van der Waals surface area contributed by atoms with E-state index in [1.165, 1.54) is 0 Å². The Bertz CT molecular complexity index is 1070. The summed E-state index contributed by atoms with van der Waals surface area (Å²) < 4.78 is 28.5. The second-order valence-corrected chi connectivity index (χ2v) is 9.03. The molecule has 2 heterocycles. The van der Waals surface area contributed by atoms with Gasteiger partial charge in [0.1, 0.15) is 4.90 Å². The highest BCUT2D eigenvalue weighted by Gasteiger charge is 2.34. The summed E-state index contributed by atoms with van der Waals surface area (Å²) >= 11 is 0. The van der Waals surface area contributed by atoms with Crippen molar-refractivity contribution < 1.29 is 13.2 Å². The van der Waals surface area contributed by atoms with E-state index in [2.05, 4.69) is 9.71 Å². The number of piperidine rings is 1. The first-order valence-corrected chi connectivity index (χ1v) is 10.9. The second-order valence-electron chi connectivity index (χ2n) is 7.46. The van der Waals surface area contributed by atoms with Crippen molar-refractivity contribution in [3.63, 3.8) is 0 Å². The van der Waals surface area contributed by atoms with Crippen molar-refractivity contribution in [2.45, 2.75) is 31.6 Å². The smallest absolute Gasteiger partial charge is 0.285 e. The Morgan fingerprint density at radius 1 is 1.11 bits per heavy atom. The zero-order valence-electron chi connectivity index (χ0n) is 16.0. The molecule has 1 N–H and O–H groups in total. The minimum atomic E-state index is -3.62. The fourth-order valence-electron chi connectivity index (χ4n) is 3.86. The molecule has 0 bridgehead atoms. The van der Waals surface area contributed by atoms with Crippen LogP contribution in [0.4, 0.5) is 5.69 Å². The van der Waals surface area contributed by atoms with Gasteiger partial charge >= 0.3 is 0 Å². The molecule has 7 heteroatoms. The predicted octanol–water partition coefficient (Wildman–Crippen LogP) is 3.10. The Kier molecular flexibility index (Phi) is 4.71. The van der Waals surface area contributed by atoms with E-state index in [9.17, 15) is 13.2 Å². The van der Waals surface area contributed by atoms with Crippen LogP contribution in [0.1, 0.15) is 29.5 Å². The molecule has 0 spiro atoms. The maximum Gasteiger partial charge on any atom is 0.285 e. The molecule has 0 atom stereocenters. The van der Waals surface area contributed by atoms with Crippen molar-refractivity contribution in [3.05, 3.63) is 59.2 Å². The average Bonchev–Trinajstić information content (AvgIpc) is 2.96. The summed E-state index contributed by atoms with van der Waals surface area (Å²) in [6.45, 7) is 5.22. The lowest BCUT2D eigenvalue weighted by Crippen LogP contribution is -2.41. The molecule has 6 nitrogen and oxygen atoms in total. The molecule has 2 aliphatic heterocycles. The number of amidine groups is 1. The van der Waals surface area contributed by atoms with Crippen LogP contribution in [-0.2, 0) is 14.8 Å². The maximum absolute atomic E-state index is 12.7. The summed E-state index contributed by atoms with van der Waals surface area (Å²) in [6, 6.07) is 12.9. The summed E-state index contributed by atoms with van der Waals surface area (Å²) in [5.74, 6) is 0.433. The number of benzene rings is 2. The van der Waals surface area contributed by atoms with Crippen molar-refractivity contribution in [2.75, 3.05) is 18.4 Å². The van der Waals surface area contributed by atoms with E-state index in [-0.39, 0.29) is 16.7 Å². The third kappa shape index (κ3) is 3.42. The van der Waals surface area contributed by atoms with Gasteiger partial charge in [-0.3, -0.25) is 4.79 Å². The SMILES string of the molecule is Cc1ccc(NC(=O)C2CCN(C3=NS(=O)(=O)c4ccccc43)CC2)c(C)c1. The Balaban J connectivity index is 1.43. The molecule has 28 heavy (non-hydrogen) atoms. The molecule has 2 aromatic carbocycles. The van der Waals surface area contributed by atoms with Gasteiger partial charge in [-0.2, -0.15) is 8.42 Å². The number of nitrogens with zero attached hydrogens (tertiary/aromatic N) is 2. The van der Waals surface area contributed by atoms with Crippen LogP contribution in [0.5, 0.6) is 0 Å². The van der Waals surface area contributed by atoms with Crippen LogP contribution in [0.2, 0.25) is 0 Å². The number of hydrogen-bond acceptors (Lipinski definition) is 4. The van der Waals surface area contributed by atoms with Gasteiger partial charge in [0.15, 0.2) is 5.84 Å². The van der Waals surface area contributed by atoms with Crippen LogP contribution in [0.25, 0.3) is 0 Å². The number of likely N-dealkylation sites (tertiary alicyclic amines) is 1. The fourth-order valence-corrected chi connectivity index (χ4v) is 5.09. The van der Waals surface area contributed by atoms with E-state index in [0.717, 1.165) is 16.8 Å². The molecule has 1 fully saturated rings. The summed E-state index contributed by atoms with van der Waals surface area (Å²) in [6.07, 6.45) is 1.33. The number of carbonyl (C=O) groups excluding carboxylic acids is 1. The number of hydrogen-bond donors (Lipinski definition) is 1. The van der Waals surface area contributed by atoms with Crippen molar-refractivity contribution in [1.82, 2.24) is 4.90 Å². The summed E-state index contributed by atoms with van der Waals surface area (Å²) in [4.78, 5) is 14.9. The van der Waals surface area contributed by atoms with Crippen molar-refractivity contribution in [2.24, 2.45) is 10.3 Å². The first-order chi connectivity index (χ1) is 13.3. The number of amides is 1. The van der Waals surface area contributed by atoms with Gasteiger partial charge in [-0.1, -0.05) is 29.8 Å². The van der Waals surface area contributed by atoms with E-state index in [1.807, 2.05) is 43.0 Å². The number of aryl methyl sites for hydroxylation is 2. The number of rotatable bonds is 2. The lowest BCUT2D eigenvalue weighted by atomic mass is 9.95. The van der Waals surface area contributed by atoms with E-state index < -0.39 is 10.0 Å². The van der Waals surface area contributed by atoms with Crippen LogP contribution in [-0.4, -0.2) is 38.2 Å². The van der Waals surface area contributed by atoms with Crippen LogP contribution in [0.3, 0.4) is 0 Å². The van der Waals surface area contributed by atoms with Crippen molar-refractivity contribution in [3.8, 4) is 0 Å². The Morgan fingerprint density at radius 2 is 1.82 bits per heavy atom. The van der Waals surface area contributed by atoms with Gasteiger partial charge < -0.3 is 10.2 Å². The van der Waals surface area contributed by atoms with Gasteiger partial charge in [0, 0.05) is 30.3 Å². The highest BCUT2D eigenvalue weighted by atomic mass is 32.2. The molecule has 1 saturated heterocycles. The van der Waals surface area contributed by atoms with Crippen LogP contribution in [0.15, 0.2) is 51.8 Å². The number of sulfonamides is 1. The minimum Gasteiger partial charge on any atom is -0.355 e. The standard InChI is InChI=1S/C21H23N3O3S/c1-14-7-8-18(15(2)13-14)22-21(25)16-9-11-24(12-10-16)20-17-5-3-4-6-19(17)28(26,27)23-20/h3-8,13,16H,9-12H2,1-2H3,(H,22,25). The van der Waals surface area contributed by atoms with E-state index in [4.69, 9.17) is 0 Å². The molecule has 2 aromatic rings. The molecule has 2 aliphatic rings. The lowest BCUT2D eigenvalue weighted by Gasteiger charge is -2.32. The highest BCUT2D eigenvalue weighted by molar-refractivity contribution is 7.90. The van der Waals surface area contributed by atoms with Gasteiger partial charge in [0.05, 0.1) is 0 Å². The Hall–Kier alpha value is -2.67. The summed E-state index contributed by atoms with van der Waals surface area (Å²) in [7, 11) is -3.62.